The Hall–Kier alpha value is -1.82. The number of benzene rings is 1. The molecule has 1 aliphatic heterocycles. The molecular formula is C12H16N4O3S. The third-order valence-corrected chi connectivity index (χ3v) is 4.51. The second kappa shape index (κ2) is 6.09. The highest BCUT2D eigenvalue weighted by molar-refractivity contribution is 7.90. The molecular weight excluding hydrogens is 280 g/mol. The first-order chi connectivity index (χ1) is 9.56. The maximum absolute atomic E-state index is 12.2. The van der Waals surface area contributed by atoms with E-state index in [1.54, 1.807) is 0 Å². The monoisotopic (exact) mass is 296 g/mol. The molecule has 0 saturated carbocycles. The SMILES string of the molecule is COc1cc(C#N)ccc1NS(=O)(=O)N1CCNCC1. The molecule has 7 nitrogen and oxygen atoms in total. The van der Waals surface area contributed by atoms with Crippen molar-refractivity contribution in [2.75, 3.05) is 38.0 Å². The van der Waals surface area contributed by atoms with Gasteiger partial charge in [0, 0.05) is 32.2 Å². The van der Waals surface area contributed by atoms with E-state index in [1.807, 2.05) is 6.07 Å². The summed E-state index contributed by atoms with van der Waals surface area (Å²) in [6, 6.07) is 6.54. The topological polar surface area (TPSA) is 94.5 Å². The number of ether oxygens (including phenoxy) is 1. The first kappa shape index (κ1) is 14.6. The van der Waals surface area contributed by atoms with Crippen LogP contribution in [0.3, 0.4) is 0 Å². The molecule has 8 heteroatoms. The van der Waals surface area contributed by atoms with Gasteiger partial charge in [0.05, 0.1) is 24.4 Å². The average Bonchev–Trinajstić information content (AvgIpc) is 2.48. The minimum atomic E-state index is -3.61. The molecule has 1 fully saturated rings. The lowest BCUT2D eigenvalue weighted by Gasteiger charge is -2.27. The van der Waals surface area contributed by atoms with Crippen molar-refractivity contribution in [1.29, 1.82) is 5.26 Å². The maximum atomic E-state index is 12.2. The van der Waals surface area contributed by atoms with Crippen molar-refractivity contribution < 1.29 is 13.2 Å². The molecule has 1 saturated heterocycles. The highest BCUT2D eigenvalue weighted by atomic mass is 32.2. The van der Waals surface area contributed by atoms with Crippen molar-refractivity contribution in [3.63, 3.8) is 0 Å². The molecule has 1 aromatic carbocycles. The highest BCUT2D eigenvalue weighted by Gasteiger charge is 2.24. The van der Waals surface area contributed by atoms with Crippen LogP contribution in [0.25, 0.3) is 0 Å². The van der Waals surface area contributed by atoms with Crippen LogP contribution in [0.1, 0.15) is 5.56 Å². The Labute approximate surface area is 118 Å². The van der Waals surface area contributed by atoms with Gasteiger partial charge in [-0.15, -0.1) is 0 Å². The molecule has 0 spiro atoms. The van der Waals surface area contributed by atoms with Crippen LogP contribution in [-0.2, 0) is 10.2 Å². The van der Waals surface area contributed by atoms with E-state index in [2.05, 4.69) is 10.0 Å². The number of methoxy groups -OCH3 is 1. The molecule has 1 aliphatic rings. The largest absolute Gasteiger partial charge is 0.495 e. The first-order valence-corrected chi connectivity index (χ1v) is 7.57. The van der Waals surface area contributed by atoms with Crippen LogP contribution in [0, 0.1) is 11.3 Å². The fourth-order valence-corrected chi connectivity index (χ4v) is 3.17. The molecule has 0 atom stereocenters. The van der Waals surface area contributed by atoms with Gasteiger partial charge in [0.25, 0.3) is 0 Å². The molecule has 0 aromatic heterocycles. The Kier molecular flexibility index (Phi) is 4.44. The third-order valence-electron chi connectivity index (χ3n) is 2.99. The van der Waals surface area contributed by atoms with Crippen molar-refractivity contribution in [2.24, 2.45) is 0 Å². The van der Waals surface area contributed by atoms with E-state index >= 15 is 0 Å². The zero-order chi connectivity index (χ0) is 14.6. The average molecular weight is 296 g/mol. The Morgan fingerprint density at radius 3 is 2.70 bits per heavy atom. The van der Waals surface area contributed by atoms with Crippen LogP contribution in [-0.4, -0.2) is 46.0 Å². The lowest BCUT2D eigenvalue weighted by atomic mass is 10.2. The minimum absolute atomic E-state index is 0.322. The number of nitrogens with zero attached hydrogens (tertiary/aromatic N) is 2. The van der Waals surface area contributed by atoms with E-state index in [-0.39, 0.29) is 0 Å². The predicted octanol–water partition coefficient (Wildman–Crippen LogP) is 0.129. The predicted molar refractivity (Wildman–Crippen MR) is 74.7 cm³/mol. The van der Waals surface area contributed by atoms with Crippen molar-refractivity contribution in [1.82, 2.24) is 9.62 Å². The molecule has 0 radical (unpaired) electrons. The summed E-state index contributed by atoms with van der Waals surface area (Å²) in [5.41, 5.74) is 0.733. The van der Waals surface area contributed by atoms with Crippen LogP contribution in [0.5, 0.6) is 5.75 Å². The molecule has 2 rings (SSSR count). The number of hydrogen-bond donors (Lipinski definition) is 2. The molecule has 2 N–H and O–H groups in total. The summed E-state index contributed by atoms with van der Waals surface area (Å²) >= 11 is 0. The number of nitrogens with one attached hydrogen (secondary N) is 2. The van der Waals surface area contributed by atoms with Gasteiger partial charge in [0.1, 0.15) is 5.75 Å². The smallest absolute Gasteiger partial charge is 0.301 e. The molecule has 0 amide bonds. The van der Waals surface area contributed by atoms with Crippen LogP contribution < -0.4 is 14.8 Å². The van der Waals surface area contributed by atoms with E-state index in [1.165, 1.54) is 29.6 Å². The molecule has 1 heterocycles. The van der Waals surface area contributed by atoms with Gasteiger partial charge < -0.3 is 10.1 Å². The van der Waals surface area contributed by atoms with E-state index in [9.17, 15) is 8.42 Å². The van der Waals surface area contributed by atoms with E-state index < -0.39 is 10.2 Å². The lowest BCUT2D eigenvalue weighted by molar-refractivity contribution is 0.362. The summed E-state index contributed by atoms with van der Waals surface area (Å²) in [6.45, 7) is 2.11. The summed E-state index contributed by atoms with van der Waals surface area (Å²) in [6.07, 6.45) is 0. The summed E-state index contributed by atoms with van der Waals surface area (Å²) < 4.78 is 33.5. The number of hydrogen-bond acceptors (Lipinski definition) is 5. The molecule has 1 aromatic rings. The quantitative estimate of drug-likeness (QED) is 0.823. The van der Waals surface area contributed by atoms with Gasteiger partial charge in [-0.3, -0.25) is 4.72 Å². The van der Waals surface area contributed by atoms with Gasteiger partial charge in [-0.1, -0.05) is 0 Å². The Morgan fingerprint density at radius 1 is 1.40 bits per heavy atom. The van der Waals surface area contributed by atoms with E-state index in [0.29, 0.717) is 43.2 Å². The lowest BCUT2D eigenvalue weighted by Crippen LogP contribution is -2.48. The number of rotatable bonds is 4. The fourth-order valence-electron chi connectivity index (χ4n) is 1.93. The molecule has 0 unspecified atom stereocenters. The van der Waals surface area contributed by atoms with Gasteiger partial charge in [-0.25, -0.2) is 0 Å². The van der Waals surface area contributed by atoms with Gasteiger partial charge in [-0.2, -0.15) is 18.0 Å². The highest BCUT2D eigenvalue weighted by Crippen LogP contribution is 2.26. The number of anilines is 1. The Morgan fingerprint density at radius 2 is 2.10 bits per heavy atom. The zero-order valence-corrected chi connectivity index (χ0v) is 11.9. The van der Waals surface area contributed by atoms with Crippen LogP contribution in [0.2, 0.25) is 0 Å². The summed E-state index contributed by atoms with van der Waals surface area (Å²) in [7, 11) is -2.18. The molecule has 0 aliphatic carbocycles. The normalized spacial score (nSPS) is 16.4. The van der Waals surface area contributed by atoms with Crippen LogP contribution >= 0.6 is 0 Å². The summed E-state index contributed by atoms with van der Waals surface area (Å²) in [5, 5.41) is 11.9. The molecule has 0 bridgehead atoms. The van der Waals surface area contributed by atoms with Gasteiger partial charge >= 0.3 is 10.2 Å². The van der Waals surface area contributed by atoms with Crippen LogP contribution in [0.15, 0.2) is 18.2 Å². The fraction of sp³-hybridized carbons (Fsp3) is 0.417. The van der Waals surface area contributed by atoms with Gasteiger partial charge in [0.2, 0.25) is 0 Å². The Balaban J connectivity index is 2.22. The molecule has 108 valence electrons. The maximum Gasteiger partial charge on any atom is 0.301 e. The van der Waals surface area contributed by atoms with Gasteiger partial charge in [0.15, 0.2) is 0 Å². The number of nitriles is 1. The van der Waals surface area contributed by atoms with Crippen molar-refractivity contribution in [3.8, 4) is 11.8 Å². The second-order valence-corrected chi connectivity index (χ2v) is 5.95. The zero-order valence-electron chi connectivity index (χ0n) is 11.1. The second-order valence-electron chi connectivity index (χ2n) is 4.28. The van der Waals surface area contributed by atoms with Crippen molar-refractivity contribution in [2.45, 2.75) is 0 Å². The van der Waals surface area contributed by atoms with E-state index in [0.717, 1.165) is 0 Å². The Bertz CT molecular complexity index is 618. The van der Waals surface area contributed by atoms with E-state index in [4.69, 9.17) is 10.00 Å². The summed E-state index contributed by atoms with van der Waals surface area (Å²) in [4.78, 5) is 0. The summed E-state index contributed by atoms with van der Waals surface area (Å²) in [5.74, 6) is 0.322. The third kappa shape index (κ3) is 3.19. The number of piperazine rings is 1. The van der Waals surface area contributed by atoms with Crippen molar-refractivity contribution >= 4 is 15.9 Å². The first-order valence-electron chi connectivity index (χ1n) is 6.13. The molecule has 20 heavy (non-hydrogen) atoms. The van der Waals surface area contributed by atoms with Crippen molar-refractivity contribution in [3.05, 3.63) is 23.8 Å². The van der Waals surface area contributed by atoms with Gasteiger partial charge in [-0.05, 0) is 12.1 Å². The van der Waals surface area contributed by atoms with Crippen LogP contribution in [0.4, 0.5) is 5.69 Å². The minimum Gasteiger partial charge on any atom is -0.495 e. The standard InChI is InChI=1S/C12H16N4O3S/c1-19-12-8-10(9-13)2-3-11(12)15-20(17,18)16-6-4-14-5-7-16/h2-3,8,14-15H,4-7H2,1H3.